The molecule has 1 aliphatic heterocycles. The van der Waals surface area contributed by atoms with Crippen LogP contribution >= 0.6 is 23.6 Å². The van der Waals surface area contributed by atoms with Crippen LogP contribution < -0.4 is 0 Å². The van der Waals surface area contributed by atoms with Gasteiger partial charge in [-0.1, -0.05) is 36.4 Å². The standard InChI is InChI=1S/C21H27N5O2S3/c1-31(27,28)24-13-11-23(12-14-24)17-26-21(29)25(10-9-18-6-3-2-4-7-18)20(22-26)16-19-8-5-15-30-19/h2-8,15H,9-14,16-17H2,1H3. The van der Waals surface area contributed by atoms with Crippen LogP contribution in [0.4, 0.5) is 0 Å². The number of hydrogen-bond donors (Lipinski definition) is 0. The van der Waals surface area contributed by atoms with Gasteiger partial charge in [-0.05, 0) is 35.6 Å². The summed E-state index contributed by atoms with van der Waals surface area (Å²) in [6.45, 7) is 3.71. The Morgan fingerprint density at radius 2 is 1.81 bits per heavy atom. The second kappa shape index (κ2) is 9.74. The lowest BCUT2D eigenvalue weighted by Crippen LogP contribution is -2.48. The average molecular weight is 478 g/mol. The van der Waals surface area contributed by atoms with Crippen molar-refractivity contribution in [3.05, 3.63) is 68.9 Å². The summed E-state index contributed by atoms with van der Waals surface area (Å²) in [5, 5.41) is 6.95. The quantitative estimate of drug-likeness (QED) is 0.467. The molecule has 0 aliphatic carbocycles. The highest BCUT2D eigenvalue weighted by molar-refractivity contribution is 7.88. The molecule has 0 N–H and O–H groups in total. The molecule has 31 heavy (non-hydrogen) atoms. The van der Waals surface area contributed by atoms with E-state index in [1.54, 1.807) is 11.3 Å². The number of benzene rings is 1. The highest BCUT2D eigenvalue weighted by Gasteiger charge is 2.24. The van der Waals surface area contributed by atoms with Crippen molar-refractivity contribution in [3.63, 3.8) is 0 Å². The van der Waals surface area contributed by atoms with Crippen LogP contribution in [0.3, 0.4) is 0 Å². The summed E-state index contributed by atoms with van der Waals surface area (Å²) in [6, 6.07) is 14.6. The van der Waals surface area contributed by atoms with Crippen molar-refractivity contribution in [2.24, 2.45) is 0 Å². The molecule has 0 atom stereocenters. The highest BCUT2D eigenvalue weighted by atomic mass is 32.2. The molecule has 4 rings (SSSR count). The van der Waals surface area contributed by atoms with Crippen molar-refractivity contribution in [2.75, 3.05) is 32.4 Å². The summed E-state index contributed by atoms with van der Waals surface area (Å²) >= 11 is 7.53. The normalized spacial score (nSPS) is 16.0. The molecule has 0 spiro atoms. The lowest BCUT2D eigenvalue weighted by Gasteiger charge is -2.32. The van der Waals surface area contributed by atoms with Gasteiger partial charge in [0.25, 0.3) is 0 Å². The van der Waals surface area contributed by atoms with Gasteiger partial charge in [-0.15, -0.1) is 11.3 Å². The molecule has 10 heteroatoms. The first kappa shape index (κ1) is 22.3. The van der Waals surface area contributed by atoms with E-state index in [9.17, 15) is 8.42 Å². The number of sulfonamides is 1. The number of aryl methyl sites for hydroxylation is 1. The Labute approximate surface area is 192 Å². The van der Waals surface area contributed by atoms with Gasteiger partial charge in [0.1, 0.15) is 5.82 Å². The number of thiophene rings is 1. The maximum absolute atomic E-state index is 11.8. The van der Waals surface area contributed by atoms with Crippen LogP contribution in [-0.4, -0.2) is 64.4 Å². The van der Waals surface area contributed by atoms with Gasteiger partial charge in [0, 0.05) is 44.0 Å². The smallest absolute Gasteiger partial charge is 0.211 e. The molecule has 0 amide bonds. The lowest BCUT2D eigenvalue weighted by molar-refractivity contribution is 0.145. The topological polar surface area (TPSA) is 63.4 Å². The van der Waals surface area contributed by atoms with E-state index in [0.29, 0.717) is 37.6 Å². The molecule has 0 saturated carbocycles. The minimum Gasteiger partial charge on any atom is -0.303 e. The van der Waals surface area contributed by atoms with Gasteiger partial charge in [-0.25, -0.2) is 13.1 Å². The summed E-state index contributed by atoms with van der Waals surface area (Å²) in [5.74, 6) is 0.971. The van der Waals surface area contributed by atoms with E-state index in [1.165, 1.54) is 21.0 Å². The second-order valence-electron chi connectivity index (χ2n) is 7.76. The zero-order valence-electron chi connectivity index (χ0n) is 17.6. The molecule has 0 bridgehead atoms. The minimum absolute atomic E-state index is 0.503. The minimum atomic E-state index is -3.14. The van der Waals surface area contributed by atoms with Crippen molar-refractivity contribution >= 4 is 33.6 Å². The molecular formula is C21H27N5O2S3. The van der Waals surface area contributed by atoms with E-state index in [2.05, 4.69) is 51.2 Å². The predicted molar refractivity (Wildman–Crippen MR) is 126 cm³/mol. The Morgan fingerprint density at radius 1 is 1.06 bits per heavy atom. The van der Waals surface area contributed by atoms with Gasteiger partial charge in [0.15, 0.2) is 4.77 Å². The fourth-order valence-electron chi connectivity index (χ4n) is 3.78. The van der Waals surface area contributed by atoms with E-state index in [-0.39, 0.29) is 0 Å². The van der Waals surface area contributed by atoms with E-state index in [4.69, 9.17) is 17.3 Å². The fourth-order valence-corrected chi connectivity index (χ4v) is 5.60. The highest BCUT2D eigenvalue weighted by Crippen LogP contribution is 2.16. The van der Waals surface area contributed by atoms with E-state index in [1.807, 2.05) is 10.7 Å². The Hall–Kier alpha value is -1.85. The molecule has 0 unspecified atom stereocenters. The van der Waals surface area contributed by atoms with Gasteiger partial charge in [-0.3, -0.25) is 4.90 Å². The fraction of sp³-hybridized carbons (Fsp3) is 0.429. The monoisotopic (exact) mass is 477 g/mol. The SMILES string of the molecule is CS(=O)(=O)N1CCN(Cn2nc(Cc3cccs3)n(CCc3ccccc3)c2=S)CC1. The molecule has 1 aliphatic rings. The Kier molecular flexibility index (Phi) is 7.02. The molecule has 1 aromatic carbocycles. The first-order valence-electron chi connectivity index (χ1n) is 10.3. The Morgan fingerprint density at radius 3 is 2.45 bits per heavy atom. The average Bonchev–Trinajstić information content (AvgIpc) is 3.36. The molecular weight excluding hydrogens is 450 g/mol. The Bertz CT molecular complexity index is 1150. The maximum Gasteiger partial charge on any atom is 0.211 e. The van der Waals surface area contributed by atoms with E-state index >= 15 is 0 Å². The van der Waals surface area contributed by atoms with Crippen molar-refractivity contribution in [2.45, 2.75) is 26.1 Å². The van der Waals surface area contributed by atoms with E-state index < -0.39 is 10.0 Å². The predicted octanol–water partition coefficient (Wildman–Crippen LogP) is 2.84. The van der Waals surface area contributed by atoms with Crippen LogP contribution in [0.1, 0.15) is 16.3 Å². The molecule has 3 heterocycles. The van der Waals surface area contributed by atoms with Gasteiger partial charge < -0.3 is 4.57 Å². The van der Waals surface area contributed by atoms with Crippen molar-refractivity contribution in [3.8, 4) is 0 Å². The largest absolute Gasteiger partial charge is 0.303 e. The zero-order valence-corrected chi connectivity index (χ0v) is 20.0. The maximum atomic E-state index is 11.8. The summed E-state index contributed by atoms with van der Waals surface area (Å²) in [4.78, 5) is 3.47. The van der Waals surface area contributed by atoms with Gasteiger partial charge in [0.05, 0.1) is 12.9 Å². The van der Waals surface area contributed by atoms with Crippen LogP contribution in [0.5, 0.6) is 0 Å². The van der Waals surface area contributed by atoms with Crippen molar-refractivity contribution < 1.29 is 8.42 Å². The van der Waals surface area contributed by atoms with E-state index in [0.717, 1.165) is 25.2 Å². The molecule has 3 aromatic rings. The number of rotatable bonds is 8. The molecule has 0 radical (unpaired) electrons. The van der Waals surface area contributed by atoms with Crippen LogP contribution in [0.2, 0.25) is 0 Å². The van der Waals surface area contributed by atoms with Crippen LogP contribution in [0.25, 0.3) is 0 Å². The summed E-state index contributed by atoms with van der Waals surface area (Å²) < 4.78 is 29.8. The summed E-state index contributed by atoms with van der Waals surface area (Å²) in [5.41, 5.74) is 1.27. The van der Waals surface area contributed by atoms with Gasteiger partial charge in [0.2, 0.25) is 10.0 Å². The molecule has 1 fully saturated rings. The zero-order chi connectivity index (χ0) is 21.8. The lowest BCUT2D eigenvalue weighted by atomic mass is 10.1. The number of aromatic nitrogens is 3. The third-order valence-electron chi connectivity index (χ3n) is 5.51. The number of nitrogens with zero attached hydrogens (tertiary/aromatic N) is 5. The molecule has 7 nitrogen and oxygen atoms in total. The van der Waals surface area contributed by atoms with Crippen LogP contribution in [0, 0.1) is 4.77 Å². The first-order valence-corrected chi connectivity index (χ1v) is 13.4. The van der Waals surface area contributed by atoms with Crippen LogP contribution in [-0.2, 0) is 36.1 Å². The van der Waals surface area contributed by atoms with Crippen molar-refractivity contribution in [1.29, 1.82) is 0 Å². The molecule has 166 valence electrons. The third kappa shape index (κ3) is 5.69. The number of hydrogen-bond acceptors (Lipinski definition) is 6. The second-order valence-corrected chi connectivity index (χ2v) is 11.1. The third-order valence-corrected chi connectivity index (χ3v) is 8.12. The van der Waals surface area contributed by atoms with Gasteiger partial charge in [-0.2, -0.15) is 9.40 Å². The summed E-state index contributed by atoms with van der Waals surface area (Å²) in [7, 11) is -3.14. The first-order chi connectivity index (χ1) is 14.9. The van der Waals surface area contributed by atoms with Crippen molar-refractivity contribution in [1.82, 2.24) is 23.6 Å². The van der Waals surface area contributed by atoms with Crippen LogP contribution in [0.15, 0.2) is 47.8 Å². The molecule has 1 saturated heterocycles. The Balaban J connectivity index is 1.51. The summed E-state index contributed by atoms with van der Waals surface area (Å²) in [6.07, 6.45) is 2.92. The molecule has 2 aromatic heterocycles. The number of piperazine rings is 1. The van der Waals surface area contributed by atoms with Gasteiger partial charge >= 0.3 is 0 Å².